The third kappa shape index (κ3) is 4.16. The van der Waals surface area contributed by atoms with E-state index in [1.807, 2.05) is 0 Å². The predicted molar refractivity (Wildman–Crippen MR) is 218 cm³/mol. The van der Waals surface area contributed by atoms with E-state index in [4.69, 9.17) is 29.1 Å². The zero-order valence-electron chi connectivity index (χ0n) is 55.4. The fraction of sp³-hybridized carbons (Fsp3) is 0. The van der Waals surface area contributed by atoms with Crippen molar-refractivity contribution in [2.75, 3.05) is 0 Å². The Labute approximate surface area is 336 Å². The summed E-state index contributed by atoms with van der Waals surface area (Å²) in [5.41, 5.74) is -6.19. The van der Waals surface area contributed by atoms with Crippen LogP contribution in [0.4, 0.5) is 0 Å². The summed E-state index contributed by atoms with van der Waals surface area (Å²) in [4.78, 5) is 0. The third-order valence-electron chi connectivity index (χ3n) is 8.62. The fourth-order valence-corrected chi connectivity index (χ4v) is 6.50. The zero-order valence-corrected chi connectivity index (χ0v) is 25.4. The molecular weight excluding hydrogens is 617 g/mol. The van der Waals surface area contributed by atoms with Crippen LogP contribution in [0.1, 0.15) is 41.1 Å². The standard InChI is InChI=1S/C50H30O/c1-3-16-35-31(12-1)26-28-39-38(35)23-10-24-40(39)48-43-20-7-5-18-41(43)47(42-19-6-8-21-44(42)48)34-15-9-14-33(30-34)36-22-11-25-46-49(36)45-29-27-32-13-2-4-17-37(32)50(45)51-46/h1-30H/i1D,2D,3D,4D,5D,6D,7D,8D,9D,10D,11D,12D,13D,14D,15D,16D,17D,18D,19D,20D,21D,22D,23D,24D,25D,26D,27D,28D,29D,30D. The summed E-state index contributed by atoms with van der Waals surface area (Å²) >= 11 is 0. The topological polar surface area (TPSA) is 13.1 Å². The van der Waals surface area contributed by atoms with Gasteiger partial charge in [-0.1, -0.05) is 163 Å². The Morgan fingerprint density at radius 1 is 0.333 bits per heavy atom. The maximum atomic E-state index is 10.1. The van der Waals surface area contributed by atoms with Gasteiger partial charge < -0.3 is 4.42 Å². The lowest BCUT2D eigenvalue weighted by Gasteiger charge is -2.19. The molecule has 1 aromatic heterocycles. The molecule has 0 aliphatic carbocycles. The second kappa shape index (κ2) is 10.9. The van der Waals surface area contributed by atoms with Crippen molar-refractivity contribution < 1.29 is 45.5 Å². The lowest BCUT2D eigenvalue weighted by atomic mass is 9.84. The Balaban J connectivity index is 1.43. The average Bonchev–Trinajstić information content (AvgIpc) is 3.08. The second-order valence-corrected chi connectivity index (χ2v) is 11.3. The molecule has 10 aromatic carbocycles. The van der Waals surface area contributed by atoms with Crippen molar-refractivity contribution in [2.24, 2.45) is 0 Å². The van der Waals surface area contributed by atoms with Crippen molar-refractivity contribution in [1.29, 1.82) is 0 Å². The van der Waals surface area contributed by atoms with Crippen LogP contribution < -0.4 is 0 Å². The highest BCUT2D eigenvalue weighted by Crippen LogP contribution is 2.47. The van der Waals surface area contributed by atoms with Gasteiger partial charge in [0.2, 0.25) is 0 Å². The maximum Gasteiger partial charge on any atom is 0.143 e. The lowest BCUT2D eigenvalue weighted by Crippen LogP contribution is -1.92. The predicted octanol–water partition coefficient (Wildman–Crippen LogP) is 14.4. The molecule has 1 nitrogen and oxygen atoms in total. The maximum absolute atomic E-state index is 10.1. The van der Waals surface area contributed by atoms with E-state index in [0.717, 1.165) is 0 Å². The minimum atomic E-state index is -1.13. The van der Waals surface area contributed by atoms with Crippen LogP contribution in [0.3, 0.4) is 0 Å². The summed E-state index contributed by atoms with van der Waals surface area (Å²) in [7, 11) is 0. The van der Waals surface area contributed by atoms with Crippen molar-refractivity contribution >= 4 is 75.8 Å². The zero-order chi connectivity index (χ0) is 59.6. The van der Waals surface area contributed by atoms with Gasteiger partial charge >= 0.3 is 0 Å². The van der Waals surface area contributed by atoms with Gasteiger partial charge in [-0.15, -0.1) is 0 Å². The van der Waals surface area contributed by atoms with Crippen molar-refractivity contribution in [1.82, 2.24) is 0 Å². The molecule has 0 radical (unpaired) electrons. The first-order valence-electron chi connectivity index (χ1n) is 30.2. The molecule has 0 aliphatic heterocycles. The van der Waals surface area contributed by atoms with Crippen LogP contribution in [0.25, 0.3) is 109 Å². The Morgan fingerprint density at radius 3 is 1.61 bits per heavy atom. The molecule has 51 heavy (non-hydrogen) atoms. The largest absolute Gasteiger partial charge is 0.455 e. The van der Waals surface area contributed by atoms with Crippen LogP contribution in [0.2, 0.25) is 0 Å². The van der Waals surface area contributed by atoms with Crippen molar-refractivity contribution in [3.8, 4) is 33.4 Å². The molecule has 0 saturated carbocycles. The van der Waals surface area contributed by atoms with E-state index in [0.29, 0.717) is 0 Å². The van der Waals surface area contributed by atoms with E-state index < -0.39 is 290 Å². The molecule has 0 saturated heterocycles. The molecule has 11 aromatic rings. The summed E-state index contributed by atoms with van der Waals surface area (Å²) < 4.78 is 279. The van der Waals surface area contributed by atoms with E-state index in [1.54, 1.807) is 0 Å². The van der Waals surface area contributed by atoms with Crippen LogP contribution in [0, 0.1) is 0 Å². The highest BCUT2D eigenvalue weighted by atomic mass is 16.3. The summed E-state index contributed by atoms with van der Waals surface area (Å²) in [6.45, 7) is 0. The van der Waals surface area contributed by atoms with E-state index in [9.17, 15) is 16.4 Å². The average molecular weight is 677 g/mol. The molecule has 236 valence electrons. The highest BCUT2D eigenvalue weighted by Gasteiger charge is 2.20. The van der Waals surface area contributed by atoms with Gasteiger partial charge in [0.05, 0.1) is 41.1 Å². The highest BCUT2D eigenvalue weighted by molar-refractivity contribution is 6.25. The Hall–Kier alpha value is -6.70. The summed E-state index contributed by atoms with van der Waals surface area (Å²) in [5.74, 6) is 0. The molecule has 0 amide bonds. The number of furan rings is 1. The Morgan fingerprint density at radius 2 is 0.863 bits per heavy atom. The molecule has 0 bridgehead atoms. The Bertz CT molecular complexity index is 4850. The van der Waals surface area contributed by atoms with E-state index in [2.05, 4.69) is 0 Å². The first kappa shape index (κ1) is 11.7. The first-order chi connectivity index (χ1) is 37.8. The molecule has 0 spiro atoms. The van der Waals surface area contributed by atoms with Gasteiger partial charge in [0.25, 0.3) is 0 Å². The Kier molecular flexibility index (Phi) is 2.50. The molecule has 11 rings (SSSR count). The minimum absolute atomic E-state index is 0.467. The van der Waals surface area contributed by atoms with Crippen molar-refractivity contribution in [3.63, 3.8) is 0 Å². The number of fused-ring (bicyclic) bond motifs is 10. The number of hydrogen-bond acceptors (Lipinski definition) is 1. The van der Waals surface area contributed by atoms with E-state index in [1.165, 1.54) is 0 Å². The van der Waals surface area contributed by atoms with Gasteiger partial charge in [0, 0.05) is 16.2 Å². The quantitative estimate of drug-likeness (QED) is 0.134. The first-order valence-corrected chi connectivity index (χ1v) is 15.2. The van der Waals surface area contributed by atoms with E-state index >= 15 is 0 Å². The van der Waals surface area contributed by atoms with Gasteiger partial charge in [-0.2, -0.15) is 0 Å². The lowest BCUT2D eigenvalue weighted by molar-refractivity contribution is 0.673. The van der Waals surface area contributed by atoms with Crippen LogP contribution in [-0.2, 0) is 0 Å². The van der Waals surface area contributed by atoms with Crippen LogP contribution in [0.5, 0.6) is 0 Å². The summed E-state index contributed by atoms with van der Waals surface area (Å²) in [6.07, 6.45) is 0. The summed E-state index contributed by atoms with van der Waals surface area (Å²) in [6, 6.07) is -28.6. The molecule has 0 unspecified atom stereocenters. The SMILES string of the molecule is [2H]c1c([2H])c(-c2c3c([2H])c([2H])c([2H])c([2H])c3c(-c3c([2H])c([2H])c([2H])c4c3c([2H])c([2H])c3c([2H])c([2H])c([2H])c([2H])c34)c3c([2H])c([2H])c([2H])c([2H])c23)c([2H])c(-c2c([2H])c([2H])c([2H])c3oc4c5c([2H])c([2H])c([2H])c([2H])c5c([2H])c([2H])c4c23)c1[2H]. The van der Waals surface area contributed by atoms with E-state index in [-0.39, 0.29) is 0 Å². The number of hydrogen-bond donors (Lipinski definition) is 0. The molecular formula is C50H30O. The van der Waals surface area contributed by atoms with Gasteiger partial charge in [-0.05, 0) is 100.0 Å². The van der Waals surface area contributed by atoms with Gasteiger partial charge in [0.1, 0.15) is 11.2 Å². The molecule has 0 N–H and O–H groups in total. The van der Waals surface area contributed by atoms with Crippen LogP contribution in [-0.4, -0.2) is 0 Å². The molecule has 0 atom stereocenters. The smallest absolute Gasteiger partial charge is 0.143 e. The normalized spacial score (nSPS) is 20.2. The van der Waals surface area contributed by atoms with Crippen molar-refractivity contribution in [3.05, 3.63) is 181 Å². The monoisotopic (exact) mass is 676 g/mol. The van der Waals surface area contributed by atoms with Crippen molar-refractivity contribution in [2.45, 2.75) is 0 Å². The van der Waals surface area contributed by atoms with Gasteiger partial charge in [-0.25, -0.2) is 0 Å². The second-order valence-electron chi connectivity index (χ2n) is 11.3. The van der Waals surface area contributed by atoms with Gasteiger partial charge in [-0.3, -0.25) is 0 Å². The minimum Gasteiger partial charge on any atom is -0.455 e. The molecule has 1 heterocycles. The molecule has 0 fully saturated rings. The number of rotatable bonds is 3. The van der Waals surface area contributed by atoms with Crippen LogP contribution in [0.15, 0.2) is 186 Å². The van der Waals surface area contributed by atoms with Crippen LogP contribution >= 0.6 is 0 Å². The fourth-order valence-electron chi connectivity index (χ4n) is 6.50. The molecule has 1 heteroatoms. The summed E-state index contributed by atoms with van der Waals surface area (Å²) in [5, 5.41) is -7.79. The molecule has 0 aliphatic rings. The van der Waals surface area contributed by atoms with Gasteiger partial charge in [0.15, 0.2) is 0 Å². The number of benzene rings is 10. The third-order valence-corrected chi connectivity index (χ3v) is 8.62.